The van der Waals surface area contributed by atoms with Gasteiger partial charge in [-0.05, 0) is 25.1 Å². The first kappa shape index (κ1) is 15.6. The third-order valence-corrected chi connectivity index (χ3v) is 3.56. The summed E-state index contributed by atoms with van der Waals surface area (Å²) in [7, 11) is 1.64. The van der Waals surface area contributed by atoms with Gasteiger partial charge in [0.15, 0.2) is 11.5 Å². The first-order chi connectivity index (χ1) is 11.7. The van der Waals surface area contributed by atoms with Crippen LogP contribution in [0.4, 0.5) is 0 Å². The second kappa shape index (κ2) is 6.45. The quantitative estimate of drug-likeness (QED) is 0.720. The Balaban J connectivity index is 0.000000526. The lowest BCUT2D eigenvalue weighted by atomic mass is 10.0. The maximum Gasteiger partial charge on any atom is 0.290 e. The molecule has 1 N–H and O–H groups in total. The predicted molar refractivity (Wildman–Crippen MR) is 84.5 cm³/mol. The van der Waals surface area contributed by atoms with E-state index in [4.69, 9.17) is 24.1 Å². The molecule has 3 heterocycles. The highest BCUT2D eigenvalue weighted by Gasteiger charge is 2.22. The number of ether oxygens (including phenoxy) is 3. The van der Waals surface area contributed by atoms with Gasteiger partial charge >= 0.3 is 0 Å². The van der Waals surface area contributed by atoms with Gasteiger partial charge in [-0.2, -0.15) is 14.8 Å². The Kier molecular flexibility index (Phi) is 4.19. The van der Waals surface area contributed by atoms with Crippen molar-refractivity contribution in [3.63, 3.8) is 0 Å². The summed E-state index contributed by atoms with van der Waals surface area (Å²) < 4.78 is 18.0. The van der Waals surface area contributed by atoms with Crippen molar-refractivity contribution in [3.05, 3.63) is 36.2 Å². The summed E-state index contributed by atoms with van der Waals surface area (Å²) in [6.45, 7) is 1.94. The van der Waals surface area contributed by atoms with Gasteiger partial charge in [0.1, 0.15) is 5.75 Å². The fourth-order valence-electron chi connectivity index (χ4n) is 2.63. The van der Waals surface area contributed by atoms with E-state index in [-0.39, 0.29) is 13.3 Å². The summed E-state index contributed by atoms with van der Waals surface area (Å²) in [5, 5.41) is 15.6. The summed E-state index contributed by atoms with van der Waals surface area (Å²) in [6, 6.07) is 7.64. The van der Waals surface area contributed by atoms with Crippen LogP contribution < -0.4 is 14.2 Å². The average molecular weight is 329 g/mol. The molecule has 124 valence electrons. The number of carboxylic acid groups (broad SMARTS) is 1. The van der Waals surface area contributed by atoms with Crippen molar-refractivity contribution in [2.24, 2.45) is 0 Å². The van der Waals surface area contributed by atoms with Crippen LogP contribution in [0.25, 0.3) is 16.6 Å². The zero-order valence-electron chi connectivity index (χ0n) is 13.1. The van der Waals surface area contributed by atoms with Gasteiger partial charge < -0.3 is 19.3 Å². The number of hydrogen-bond donors (Lipinski definition) is 1. The maximum absolute atomic E-state index is 8.36. The first-order valence-electron chi connectivity index (χ1n) is 7.06. The summed E-state index contributed by atoms with van der Waals surface area (Å²) in [4.78, 5) is 8.36. The molecule has 0 unspecified atom stereocenters. The molecule has 1 aromatic carbocycles. The van der Waals surface area contributed by atoms with Crippen LogP contribution in [0, 0.1) is 6.92 Å². The van der Waals surface area contributed by atoms with Gasteiger partial charge in [0.05, 0.1) is 18.3 Å². The maximum atomic E-state index is 8.36. The van der Waals surface area contributed by atoms with E-state index < -0.39 is 0 Å². The zero-order chi connectivity index (χ0) is 17.1. The molecule has 3 aromatic rings. The summed E-state index contributed by atoms with van der Waals surface area (Å²) >= 11 is 0. The third-order valence-electron chi connectivity index (χ3n) is 3.56. The minimum Gasteiger partial charge on any atom is -0.496 e. The standard InChI is InChI=1S/C15H13N3O3.CH2O2/c1-9-15(11-4-3-5-16-18(11)17-9)10-6-13-14(21-8-20-13)7-12(10)19-2;2-1-3/h3-7H,8H2,1-2H3;1H,(H,2,3). The Labute approximate surface area is 137 Å². The number of aromatic nitrogens is 3. The normalized spacial score (nSPS) is 11.8. The van der Waals surface area contributed by atoms with Crippen LogP contribution in [0.3, 0.4) is 0 Å². The Hall–Kier alpha value is -3.29. The Morgan fingerprint density at radius 3 is 2.75 bits per heavy atom. The molecule has 0 atom stereocenters. The van der Waals surface area contributed by atoms with Crippen LogP contribution in [0.5, 0.6) is 17.2 Å². The van der Waals surface area contributed by atoms with Crippen LogP contribution in [-0.4, -0.2) is 40.3 Å². The van der Waals surface area contributed by atoms with Crippen molar-refractivity contribution < 1.29 is 24.1 Å². The lowest BCUT2D eigenvalue weighted by molar-refractivity contribution is -0.122. The van der Waals surface area contributed by atoms with Crippen molar-refractivity contribution in [3.8, 4) is 28.4 Å². The molecule has 0 amide bonds. The number of benzene rings is 1. The van der Waals surface area contributed by atoms with E-state index in [1.165, 1.54) is 0 Å². The number of methoxy groups -OCH3 is 1. The van der Waals surface area contributed by atoms with Crippen LogP contribution in [0.1, 0.15) is 5.69 Å². The molecule has 0 radical (unpaired) electrons. The molecular formula is C16H15N3O5. The minimum absolute atomic E-state index is 0.233. The molecule has 24 heavy (non-hydrogen) atoms. The van der Waals surface area contributed by atoms with Crippen molar-refractivity contribution in [2.45, 2.75) is 6.92 Å². The van der Waals surface area contributed by atoms with Gasteiger partial charge in [-0.25, -0.2) is 0 Å². The van der Waals surface area contributed by atoms with Crippen molar-refractivity contribution in [2.75, 3.05) is 13.9 Å². The second-order valence-corrected chi connectivity index (χ2v) is 4.87. The molecule has 0 fully saturated rings. The number of rotatable bonds is 2. The summed E-state index contributed by atoms with van der Waals surface area (Å²) in [6.07, 6.45) is 1.71. The van der Waals surface area contributed by atoms with E-state index in [1.807, 2.05) is 31.2 Å². The lowest BCUT2D eigenvalue weighted by Crippen LogP contribution is -1.92. The van der Waals surface area contributed by atoms with E-state index in [0.717, 1.165) is 28.1 Å². The topological polar surface area (TPSA) is 95.2 Å². The Bertz CT molecular complexity index is 891. The van der Waals surface area contributed by atoms with Crippen molar-refractivity contribution in [1.29, 1.82) is 0 Å². The van der Waals surface area contributed by atoms with Gasteiger partial charge in [-0.15, -0.1) is 0 Å². The highest BCUT2D eigenvalue weighted by Crippen LogP contribution is 2.44. The van der Waals surface area contributed by atoms with E-state index in [1.54, 1.807) is 17.9 Å². The van der Waals surface area contributed by atoms with Crippen LogP contribution in [0.15, 0.2) is 30.5 Å². The second-order valence-electron chi connectivity index (χ2n) is 4.87. The molecule has 0 aliphatic carbocycles. The molecule has 4 rings (SSSR count). The largest absolute Gasteiger partial charge is 0.496 e. The smallest absolute Gasteiger partial charge is 0.290 e. The first-order valence-corrected chi connectivity index (χ1v) is 7.06. The van der Waals surface area contributed by atoms with Gasteiger partial charge in [-0.1, -0.05) is 0 Å². The minimum atomic E-state index is -0.250. The van der Waals surface area contributed by atoms with E-state index in [2.05, 4.69) is 10.2 Å². The fourth-order valence-corrected chi connectivity index (χ4v) is 2.63. The van der Waals surface area contributed by atoms with E-state index in [0.29, 0.717) is 11.5 Å². The molecule has 0 saturated carbocycles. The number of nitrogens with zero attached hydrogens (tertiary/aromatic N) is 3. The highest BCUT2D eigenvalue weighted by molar-refractivity contribution is 5.87. The van der Waals surface area contributed by atoms with E-state index >= 15 is 0 Å². The molecule has 1 aliphatic rings. The molecule has 0 spiro atoms. The van der Waals surface area contributed by atoms with Gasteiger partial charge in [-0.3, -0.25) is 4.79 Å². The molecule has 8 heteroatoms. The summed E-state index contributed by atoms with van der Waals surface area (Å²) in [5.74, 6) is 2.14. The number of aryl methyl sites for hydroxylation is 1. The fraction of sp³-hybridized carbons (Fsp3) is 0.188. The molecular weight excluding hydrogens is 314 g/mol. The zero-order valence-corrected chi connectivity index (χ0v) is 13.1. The van der Waals surface area contributed by atoms with Gasteiger partial charge in [0.25, 0.3) is 6.47 Å². The average Bonchev–Trinajstić information content (AvgIpc) is 3.16. The number of carbonyl (C=O) groups is 1. The predicted octanol–water partition coefficient (Wildman–Crippen LogP) is 2.14. The SMILES string of the molecule is COc1cc2c(cc1-c1c(C)nn3ncccc13)OCO2.O=CO. The molecule has 2 aromatic heterocycles. The molecule has 0 saturated heterocycles. The monoisotopic (exact) mass is 329 g/mol. The summed E-state index contributed by atoms with van der Waals surface area (Å²) in [5.41, 5.74) is 3.71. The van der Waals surface area contributed by atoms with E-state index in [9.17, 15) is 0 Å². The Morgan fingerprint density at radius 2 is 2.04 bits per heavy atom. The van der Waals surface area contributed by atoms with Crippen LogP contribution in [0.2, 0.25) is 0 Å². The van der Waals surface area contributed by atoms with Crippen LogP contribution in [-0.2, 0) is 4.79 Å². The molecule has 8 nitrogen and oxygen atoms in total. The molecule has 0 bridgehead atoms. The van der Waals surface area contributed by atoms with Crippen molar-refractivity contribution >= 4 is 12.0 Å². The van der Waals surface area contributed by atoms with Gasteiger partial charge in [0, 0.05) is 23.4 Å². The molecule has 1 aliphatic heterocycles. The highest BCUT2D eigenvalue weighted by atomic mass is 16.7. The Morgan fingerprint density at radius 1 is 1.33 bits per heavy atom. The van der Waals surface area contributed by atoms with Gasteiger partial charge in [0.2, 0.25) is 6.79 Å². The van der Waals surface area contributed by atoms with Crippen LogP contribution >= 0.6 is 0 Å². The third kappa shape index (κ3) is 2.58. The van der Waals surface area contributed by atoms with Crippen molar-refractivity contribution in [1.82, 2.24) is 14.8 Å². The number of hydrogen-bond acceptors (Lipinski definition) is 6. The number of fused-ring (bicyclic) bond motifs is 2. The lowest BCUT2D eigenvalue weighted by Gasteiger charge is -2.09.